The van der Waals surface area contributed by atoms with Gasteiger partial charge in [-0.3, -0.25) is 4.79 Å². The van der Waals surface area contributed by atoms with Crippen molar-refractivity contribution in [1.82, 2.24) is 0 Å². The zero-order valence-corrected chi connectivity index (χ0v) is 14.0. The molecule has 0 saturated carbocycles. The van der Waals surface area contributed by atoms with Crippen molar-refractivity contribution in [2.45, 2.75) is 10.6 Å². The lowest BCUT2D eigenvalue weighted by Gasteiger charge is -2.07. The Hall–Kier alpha value is -2.03. The number of thioether (sulfide) groups is 1. The molecule has 0 fully saturated rings. The van der Waals surface area contributed by atoms with E-state index in [-0.39, 0.29) is 5.78 Å². The summed E-state index contributed by atoms with van der Waals surface area (Å²) in [6.07, 6.45) is 0. The highest BCUT2D eigenvalue weighted by atomic mass is 35.5. The van der Waals surface area contributed by atoms with Gasteiger partial charge in [0.25, 0.3) is 0 Å². The lowest BCUT2D eigenvalue weighted by Crippen LogP contribution is -2.01. The minimum atomic E-state index is -0.0461. The second-order valence-corrected chi connectivity index (χ2v) is 6.57. The quantitative estimate of drug-likeness (QED) is 0.428. The van der Waals surface area contributed by atoms with E-state index in [0.717, 1.165) is 10.6 Å². The smallest absolute Gasteiger partial charge is 0.194 e. The van der Waals surface area contributed by atoms with Crippen LogP contribution in [0.3, 0.4) is 0 Å². The molecule has 23 heavy (non-hydrogen) atoms. The zero-order chi connectivity index (χ0) is 16.1. The van der Waals surface area contributed by atoms with E-state index in [0.29, 0.717) is 16.1 Å². The predicted molar refractivity (Wildman–Crippen MR) is 97.3 cm³/mol. The number of carbonyl (C=O) groups is 1. The van der Waals surface area contributed by atoms with E-state index in [1.54, 1.807) is 23.9 Å². The second kappa shape index (κ2) is 7.49. The molecule has 0 atom stereocenters. The summed E-state index contributed by atoms with van der Waals surface area (Å²) in [5.74, 6) is 0.832. The largest absolute Gasteiger partial charge is 0.289 e. The molecular weight excluding hydrogens is 324 g/mol. The molecule has 0 spiro atoms. The number of halogens is 1. The molecule has 0 unspecified atom stereocenters. The van der Waals surface area contributed by atoms with Crippen LogP contribution in [0.15, 0.2) is 83.8 Å². The van der Waals surface area contributed by atoms with Crippen LogP contribution in [0.2, 0.25) is 5.02 Å². The lowest BCUT2D eigenvalue weighted by atomic mass is 10.0. The van der Waals surface area contributed by atoms with Gasteiger partial charge in [0.2, 0.25) is 0 Å². The second-order valence-electron chi connectivity index (χ2n) is 5.11. The Balaban J connectivity index is 1.74. The first kappa shape index (κ1) is 15.9. The van der Waals surface area contributed by atoms with Crippen LogP contribution >= 0.6 is 23.4 Å². The van der Waals surface area contributed by atoms with Gasteiger partial charge >= 0.3 is 0 Å². The van der Waals surface area contributed by atoms with E-state index in [1.807, 2.05) is 54.6 Å². The first-order chi connectivity index (χ1) is 11.2. The molecule has 0 aliphatic carbocycles. The maximum atomic E-state index is 12.5. The predicted octanol–water partition coefficient (Wildman–Crippen LogP) is 5.86. The molecule has 1 nitrogen and oxygen atoms in total. The highest BCUT2D eigenvalue weighted by Crippen LogP contribution is 2.28. The van der Waals surface area contributed by atoms with Crippen LogP contribution in [-0.4, -0.2) is 5.78 Å². The van der Waals surface area contributed by atoms with Gasteiger partial charge in [-0.15, -0.1) is 11.8 Å². The Morgan fingerprint density at radius 2 is 1.52 bits per heavy atom. The molecule has 0 saturated heterocycles. The molecule has 0 aromatic heterocycles. The van der Waals surface area contributed by atoms with E-state index in [1.165, 1.54) is 5.56 Å². The third kappa shape index (κ3) is 4.04. The maximum Gasteiger partial charge on any atom is 0.194 e. The van der Waals surface area contributed by atoms with Gasteiger partial charge in [0.05, 0.1) is 5.02 Å². The standard InChI is InChI=1S/C20H15ClOS/c21-19-13-17(23-14-15-7-3-1-4-8-15)11-12-18(19)20(22)16-9-5-2-6-10-16/h1-13H,14H2. The lowest BCUT2D eigenvalue weighted by molar-refractivity contribution is 0.103. The Morgan fingerprint density at radius 3 is 2.17 bits per heavy atom. The van der Waals surface area contributed by atoms with Crippen molar-refractivity contribution in [3.8, 4) is 0 Å². The highest BCUT2D eigenvalue weighted by Gasteiger charge is 2.13. The summed E-state index contributed by atoms with van der Waals surface area (Å²) >= 11 is 8.03. The van der Waals surface area contributed by atoms with Crippen molar-refractivity contribution in [2.75, 3.05) is 0 Å². The minimum Gasteiger partial charge on any atom is -0.289 e. The van der Waals surface area contributed by atoms with Gasteiger partial charge in [-0.1, -0.05) is 72.3 Å². The first-order valence-electron chi connectivity index (χ1n) is 7.30. The zero-order valence-electron chi connectivity index (χ0n) is 12.4. The molecule has 0 amide bonds. The van der Waals surface area contributed by atoms with Gasteiger partial charge in [0, 0.05) is 21.8 Å². The van der Waals surface area contributed by atoms with Crippen molar-refractivity contribution in [3.05, 3.63) is 101 Å². The minimum absolute atomic E-state index is 0.0461. The van der Waals surface area contributed by atoms with E-state index < -0.39 is 0 Å². The summed E-state index contributed by atoms with van der Waals surface area (Å²) in [6, 6.07) is 25.1. The number of benzene rings is 3. The van der Waals surface area contributed by atoms with Crippen LogP contribution in [0.4, 0.5) is 0 Å². The Kier molecular flexibility index (Phi) is 5.16. The molecule has 0 bridgehead atoms. The van der Waals surface area contributed by atoms with Crippen molar-refractivity contribution < 1.29 is 4.79 Å². The van der Waals surface area contributed by atoms with Gasteiger partial charge in [-0.25, -0.2) is 0 Å². The van der Waals surface area contributed by atoms with Crippen molar-refractivity contribution in [3.63, 3.8) is 0 Å². The normalized spacial score (nSPS) is 10.5. The number of hydrogen-bond donors (Lipinski definition) is 0. The van der Waals surface area contributed by atoms with Crippen LogP contribution in [-0.2, 0) is 5.75 Å². The fourth-order valence-electron chi connectivity index (χ4n) is 2.26. The van der Waals surface area contributed by atoms with Crippen molar-refractivity contribution >= 4 is 29.1 Å². The van der Waals surface area contributed by atoms with Gasteiger partial charge in [-0.05, 0) is 23.8 Å². The third-order valence-corrected chi connectivity index (χ3v) is 4.85. The molecule has 0 radical (unpaired) electrons. The molecule has 0 aliphatic rings. The van der Waals surface area contributed by atoms with Gasteiger partial charge in [0.15, 0.2) is 5.78 Å². The summed E-state index contributed by atoms with van der Waals surface area (Å²) < 4.78 is 0. The van der Waals surface area contributed by atoms with E-state index in [4.69, 9.17) is 11.6 Å². The monoisotopic (exact) mass is 338 g/mol. The molecule has 3 aromatic carbocycles. The van der Waals surface area contributed by atoms with Gasteiger partial charge < -0.3 is 0 Å². The summed E-state index contributed by atoms with van der Waals surface area (Å²) in [4.78, 5) is 13.5. The maximum absolute atomic E-state index is 12.5. The summed E-state index contributed by atoms with van der Waals surface area (Å²) in [5.41, 5.74) is 2.46. The Morgan fingerprint density at radius 1 is 0.870 bits per heavy atom. The Labute approximate surface area is 145 Å². The van der Waals surface area contributed by atoms with Crippen LogP contribution < -0.4 is 0 Å². The number of ketones is 1. The van der Waals surface area contributed by atoms with Crippen LogP contribution in [0, 0.1) is 0 Å². The summed E-state index contributed by atoms with van der Waals surface area (Å²) in [6.45, 7) is 0. The summed E-state index contributed by atoms with van der Waals surface area (Å²) in [5, 5.41) is 0.497. The van der Waals surface area contributed by atoms with Crippen molar-refractivity contribution in [1.29, 1.82) is 0 Å². The molecule has 114 valence electrons. The SMILES string of the molecule is O=C(c1ccccc1)c1ccc(SCc2ccccc2)cc1Cl. The fraction of sp³-hybridized carbons (Fsp3) is 0.0500. The molecular formula is C20H15ClOS. The van der Waals surface area contributed by atoms with Crippen LogP contribution in [0.5, 0.6) is 0 Å². The fourth-order valence-corrected chi connectivity index (χ4v) is 3.48. The number of hydrogen-bond acceptors (Lipinski definition) is 2. The number of rotatable bonds is 5. The van der Waals surface area contributed by atoms with Crippen LogP contribution in [0.1, 0.15) is 21.5 Å². The topological polar surface area (TPSA) is 17.1 Å². The van der Waals surface area contributed by atoms with Crippen LogP contribution in [0.25, 0.3) is 0 Å². The summed E-state index contributed by atoms with van der Waals surface area (Å²) in [7, 11) is 0. The van der Waals surface area contributed by atoms with E-state index >= 15 is 0 Å². The average molecular weight is 339 g/mol. The molecule has 3 heteroatoms. The first-order valence-corrected chi connectivity index (χ1v) is 8.66. The van der Waals surface area contributed by atoms with E-state index in [2.05, 4.69) is 12.1 Å². The molecule has 0 heterocycles. The third-order valence-electron chi connectivity index (χ3n) is 3.47. The molecule has 3 aromatic rings. The van der Waals surface area contributed by atoms with E-state index in [9.17, 15) is 4.79 Å². The van der Waals surface area contributed by atoms with Crippen molar-refractivity contribution in [2.24, 2.45) is 0 Å². The van der Waals surface area contributed by atoms with Gasteiger partial charge in [-0.2, -0.15) is 0 Å². The molecule has 0 aliphatic heterocycles. The molecule has 0 N–H and O–H groups in total. The Bertz CT molecular complexity index is 800. The number of carbonyl (C=O) groups excluding carboxylic acids is 1. The average Bonchev–Trinajstić information content (AvgIpc) is 2.61. The highest BCUT2D eigenvalue weighted by molar-refractivity contribution is 7.98. The van der Waals surface area contributed by atoms with Gasteiger partial charge in [0.1, 0.15) is 0 Å². The molecule has 3 rings (SSSR count).